The van der Waals surface area contributed by atoms with E-state index >= 15 is 0 Å². The summed E-state index contributed by atoms with van der Waals surface area (Å²) in [4.78, 5) is 29.6. The molecule has 2 heterocycles. The molecule has 112 valence electrons. The molecule has 0 aliphatic carbocycles. The van der Waals surface area contributed by atoms with Crippen LogP contribution in [-0.2, 0) is 16.0 Å². The number of hydrogen-bond donors (Lipinski definition) is 3. The molecule has 0 aliphatic rings. The Hall–Kier alpha value is -2.67. The van der Waals surface area contributed by atoms with Crippen LogP contribution in [0.25, 0.3) is 21.5 Å². The number of carbonyl (C=O) groups excluding carboxylic acids is 1. The molecule has 3 aromatic rings. The zero-order chi connectivity index (χ0) is 15.5. The number of nitrogens with one attached hydrogen (secondary N) is 2. The number of thiazole rings is 1. The highest BCUT2D eigenvalue weighted by molar-refractivity contribution is 7.13. The second kappa shape index (κ2) is 5.98. The Bertz CT molecular complexity index is 837. The molecule has 22 heavy (non-hydrogen) atoms. The number of carbonyl (C=O) groups is 2. The predicted octanol–water partition coefficient (Wildman–Crippen LogP) is 2.03. The quantitative estimate of drug-likeness (QED) is 0.671. The third-order valence-electron chi connectivity index (χ3n) is 3.13. The SMILES string of the molecule is O=C(O)CNC(=O)Cc1csc(-c2ccc3cc[nH]c3c2)n1. The van der Waals surface area contributed by atoms with Gasteiger partial charge in [-0.2, -0.15) is 0 Å². The molecular weight excluding hydrogens is 302 g/mol. The molecule has 0 saturated carbocycles. The molecule has 7 heteroatoms. The molecule has 0 radical (unpaired) electrons. The van der Waals surface area contributed by atoms with Crippen LogP contribution in [-0.4, -0.2) is 33.5 Å². The Morgan fingerprint density at radius 3 is 3.00 bits per heavy atom. The first-order chi connectivity index (χ1) is 10.6. The van der Waals surface area contributed by atoms with E-state index in [-0.39, 0.29) is 18.9 Å². The molecule has 3 N–H and O–H groups in total. The first kappa shape index (κ1) is 14.3. The summed E-state index contributed by atoms with van der Waals surface area (Å²) < 4.78 is 0. The molecule has 2 aromatic heterocycles. The van der Waals surface area contributed by atoms with Crippen LogP contribution in [0.2, 0.25) is 0 Å². The Morgan fingerprint density at radius 2 is 2.18 bits per heavy atom. The largest absolute Gasteiger partial charge is 0.480 e. The molecule has 1 amide bonds. The lowest BCUT2D eigenvalue weighted by atomic mass is 10.2. The number of rotatable bonds is 5. The van der Waals surface area contributed by atoms with Crippen LogP contribution >= 0.6 is 11.3 Å². The highest BCUT2D eigenvalue weighted by atomic mass is 32.1. The third kappa shape index (κ3) is 3.15. The van der Waals surface area contributed by atoms with Crippen LogP contribution in [0.5, 0.6) is 0 Å². The zero-order valence-corrected chi connectivity index (χ0v) is 12.3. The fraction of sp³-hybridized carbons (Fsp3) is 0.133. The maximum atomic E-state index is 11.6. The van der Waals surface area contributed by atoms with Gasteiger partial charge in [0, 0.05) is 22.7 Å². The van der Waals surface area contributed by atoms with Crippen molar-refractivity contribution < 1.29 is 14.7 Å². The standard InChI is InChI=1S/C15H13N3O3S/c19-13(17-7-14(20)21)6-11-8-22-15(18-11)10-2-1-9-3-4-16-12(9)5-10/h1-5,8,16H,6-7H2,(H,17,19)(H,20,21). The Labute approximate surface area is 129 Å². The van der Waals surface area contributed by atoms with Gasteiger partial charge in [-0.05, 0) is 17.5 Å². The van der Waals surface area contributed by atoms with Gasteiger partial charge in [0.1, 0.15) is 11.6 Å². The smallest absolute Gasteiger partial charge is 0.322 e. The molecule has 1 aromatic carbocycles. The van der Waals surface area contributed by atoms with Gasteiger partial charge in [0.25, 0.3) is 0 Å². The summed E-state index contributed by atoms with van der Waals surface area (Å²) in [7, 11) is 0. The van der Waals surface area contributed by atoms with E-state index in [9.17, 15) is 9.59 Å². The molecule has 0 bridgehead atoms. The lowest BCUT2D eigenvalue weighted by molar-refractivity contribution is -0.137. The number of hydrogen-bond acceptors (Lipinski definition) is 4. The molecule has 0 unspecified atom stereocenters. The molecule has 0 saturated heterocycles. The normalized spacial score (nSPS) is 10.7. The number of carboxylic acid groups (broad SMARTS) is 1. The summed E-state index contributed by atoms with van der Waals surface area (Å²) in [6.07, 6.45) is 1.96. The molecule has 3 rings (SSSR count). The number of aromatic nitrogens is 2. The summed E-state index contributed by atoms with van der Waals surface area (Å²) in [6, 6.07) is 8.02. The summed E-state index contributed by atoms with van der Waals surface area (Å²) >= 11 is 1.46. The predicted molar refractivity (Wildman–Crippen MR) is 83.8 cm³/mol. The number of aliphatic carboxylic acids is 1. The van der Waals surface area contributed by atoms with Gasteiger partial charge in [-0.3, -0.25) is 9.59 Å². The van der Waals surface area contributed by atoms with Gasteiger partial charge >= 0.3 is 5.97 Å². The van der Waals surface area contributed by atoms with Crippen LogP contribution in [0.15, 0.2) is 35.8 Å². The van der Waals surface area contributed by atoms with Crippen molar-refractivity contribution in [3.63, 3.8) is 0 Å². The van der Waals surface area contributed by atoms with Crippen molar-refractivity contribution >= 4 is 34.1 Å². The van der Waals surface area contributed by atoms with Gasteiger partial charge in [-0.1, -0.05) is 12.1 Å². The van der Waals surface area contributed by atoms with Gasteiger partial charge < -0.3 is 15.4 Å². The summed E-state index contributed by atoms with van der Waals surface area (Å²) in [5.74, 6) is -1.41. The Kier molecular flexibility index (Phi) is 3.88. The van der Waals surface area contributed by atoms with Crippen molar-refractivity contribution in [3.8, 4) is 10.6 Å². The third-order valence-corrected chi connectivity index (χ3v) is 4.07. The number of amides is 1. The molecule has 0 atom stereocenters. The minimum Gasteiger partial charge on any atom is -0.480 e. The van der Waals surface area contributed by atoms with Crippen molar-refractivity contribution in [1.29, 1.82) is 0 Å². The highest BCUT2D eigenvalue weighted by Gasteiger charge is 2.10. The topological polar surface area (TPSA) is 95.1 Å². The maximum Gasteiger partial charge on any atom is 0.322 e. The van der Waals surface area contributed by atoms with Gasteiger partial charge in [-0.25, -0.2) is 4.98 Å². The number of carboxylic acids is 1. The van der Waals surface area contributed by atoms with Crippen molar-refractivity contribution in [2.75, 3.05) is 6.54 Å². The highest BCUT2D eigenvalue weighted by Crippen LogP contribution is 2.26. The minimum absolute atomic E-state index is 0.0779. The van der Waals surface area contributed by atoms with E-state index in [1.807, 2.05) is 35.8 Å². The van der Waals surface area contributed by atoms with E-state index in [1.165, 1.54) is 11.3 Å². The average molecular weight is 315 g/mol. The van der Waals surface area contributed by atoms with Gasteiger partial charge in [0.2, 0.25) is 5.91 Å². The van der Waals surface area contributed by atoms with Crippen molar-refractivity contribution in [2.45, 2.75) is 6.42 Å². The summed E-state index contributed by atoms with van der Waals surface area (Å²) in [5.41, 5.74) is 2.65. The first-order valence-corrected chi connectivity index (χ1v) is 7.50. The maximum absolute atomic E-state index is 11.6. The number of benzene rings is 1. The molecule has 0 aliphatic heterocycles. The number of nitrogens with zero attached hydrogens (tertiary/aromatic N) is 1. The summed E-state index contributed by atoms with van der Waals surface area (Å²) in [5, 5.41) is 14.6. The van der Waals surface area contributed by atoms with Gasteiger partial charge in [0.15, 0.2) is 0 Å². The van der Waals surface area contributed by atoms with Crippen LogP contribution in [0.4, 0.5) is 0 Å². The van der Waals surface area contributed by atoms with Gasteiger partial charge in [0.05, 0.1) is 12.1 Å². The van der Waals surface area contributed by atoms with Gasteiger partial charge in [-0.15, -0.1) is 11.3 Å². The molecule has 0 fully saturated rings. The van der Waals surface area contributed by atoms with E-state index in [0.717, 1.165) is 21.5 Å². The fourth-order valence-electron chi connectivity index (χ4n) is 2.10. The number of H-pyrrole nitrogens is 1. The monoisotopic (exact) mass is 315 g/mol. The van der Waals surface area contributed by atoms with Crippen molar-refractivity contribution in [3.05, 3.63) is 41.5 Å². The van der Waals surface area contributed by atoms with Crippen LogP contribution < -0.4 is 5.32 Å². The summed E-state index contributed by atoms with van der Waals surface area (Å²) in [6.45, 7) is -0.376. The second-order valence-corrected chi connectivity index (χ2v) is 5.63. The average Bonchev–Trinajstić information content (AvgIpc) is 3.12. The van der Waals surface area contributed by atoms with Crippen molar-refractivity contribution in [2.24, 2.45) is 0 Å². The lowest BCUT2D eigenvalue weighted by Crippen LogP contribution is -2.30. The van der Waals surface area contributed by atoms with Crippen LogP contribution in [0.1, 0.15) is 5.69 Å². The molecule has 6 nitrogen and oxygen atoms in total. The molecular formula is C15H13N3O3S. The van der Waals surface area contributed by atoms with E-state index in [4.69, 9.17) is 5.11 Å². The number of aromatic amines is 1. The first-order valence-electron chi connectivity index (χ1n) is 6.62. The van der Waals surface area contributed by atoms with E-state index in [2.05, 4.69) is 15.3 Å². The lowest BCUT2D eigenvalue weighted by Gasteiger charge is -2.00. The van der Waals surface area contributed by atoms with E-state index in [0.29, 0.717) is 5.69 Å². The number of fused-ring (bicyclic) bond motifs is 1. The zero-order valence-electron chi connectivity index (χ0n) is 11.5. The minimum atomic E-state index is -1.06. The molecule has 0 spiro atoms. The van der Waals surface area contributed by atoms with E-state index < -0.39 is 5.97 Å². The van der Waals surface area contributed by atoms with Crippen LogP contribution in [0, 0.1) is 0 Å². The second-order valence-electron chi connectivity index (χ2n) is 4.77. The van der Waals surface area contributed by atoms with Crippen LogP contribution in [0.3, 0.4) is 0 Å². The Balaban J connectivity index is 1.72. The Morgan fingerprint density at radius 1 is 1.32 bits per heavy atom. The fourth-order valence-corrected chi connectivity index (χ4v) is 2.92. The van der Waals surface area contributed by atoms with E-state index in [1.54, 1.807) is 0 Å². The van der Waals surface area contributed by atoms with Crippen molar-refractivity contribution in [1.82, 2.24) is 15.3 Å².